The van der Waals surface area contributed by atoms with Crippen molar-refractivity contribution in [3.63, 3.8) is 0 Å². The number of piperidine rings is 1. The number of H-pyrrole nitrogens is 1. The summed E-state index contributed by atoms with van der Waals surface area (Å²) in [6, 6.07) is 10.2. The van der Waals surface area contributed by atoms with Crippen LogP contribution in [0.4, 0.5) is 0 Å². The van der Waals surface area contributed by atoms with E-state index in [-0.39, 0.29) is 11.3 Å². The first kappa shape index (κ1) is 16.3. The first-order valence-corrected chi connectivity index (χ1v) is 9.03. The quantitative estimate of drug-likeness (QED) is 0.892. The molecule has 2 heterocycles. The van der Waals surface area contributed by atoms with Crippen LogP contribution >= 0.6 is 0 Å². The lowest BCUT2D eigenvalue weighted by Crippen LogP contribution is -2.55. The van der Waals surface area contributed by atoms with Crippen LogP contribution in [0.3, 0.4) is 0 Å². The summed E-state index contributed by atoms with van der Waals surface area (Å²) in [4.78, 5) is 15.2. The molecule has 132 valence electrons. The summed E-state index contributed by atoms with van der Waals surface area (Å²) in [5.74, 6) is 0.184. The molecule has 0 spiro atoms. The number of nitrogens with zero attached hydrogens (tertiary/aromatic N) is 3. The van der Waals surface area contributed by atoms with Gasteiger partial charge in [0.1, 0.15) is 11.3 Å². The number of likely N-dealkylation sites (tertiary alicyclic amines) is 1. The van der Waals surface area contributed by atoms with Gasteiger partial charge in [0, 0.05) is 6.54 Å². The molecule has 1 amide bonds. The van der Waals surface area contributed by atoms with Crippen molar-refractivity contribution in [1.29, 1.82) is 0 Å². The summed E-state index contributed by atoms with van der Waals surface area (Å²) in [5.41, 5.74) is 0.331. The first-order chi connectivity index (χ1) is 12.1. The van der Waals surface area contributed by atoms with Crippen LogP contribution in [-0.4, -0.2) is 44.4 Å². The number of hydrogen-bond acceptors (Lipinski definition) is 4. The minimum atomic E-state index is -1.10. The van der Waals surface area contributed by atoms with E-state index in [0.29, 0.717) is 25.2 Å². The molecule has 0 bridgehead atoms. The molecule has 25 heavy (non-hydrogen) atoms. The molecule has 6 nitrogen and oxygen atoms in total. The predicted molar refractivity (Wildman–Crippen MR) is 92.5 cm³/mol. The second-order valence-electron chi connectivity index (χ2n) is 7.51. The fraction of sp³-hybridized carbons (Fsp3) is 0.526. The molecule has 0 radical (unpaired) electrons. The van der Waals surface area contributed by atoms with Crippen LogP contribution in [-0.2, 0) is 16.8 Å². The van der Waals surface area contributed by atoms with Gasteiger partial charge >= 0.3 is 0 Å². The number of hydrogen-bond donors (Lipinski definition) is 2. The number of benzene rings is 1. The lowest BCUT2D eigenvalue weighted by Gasteiger charge is -2.47. The first-order valence-electron chi connectivity index (χ1n) is 9.03. The molecule has 4 rings (SSSR count). The van der Waals surface area contributed by atoms with Crippen LogP contribution < -0.4 is 0 Å². The van der Waals surface area contributed by atoms with Gasteiger partial charge in [-0.3, -0.25) is 4.79 Å². The van der Waals surface area contributed by atoms with E-state index in [2.05, 4.69) is 27.5 Å². The number of aromatic amines is 1. The van der Waals surface area contributed by atoms with Crippen LogP contribution in [0, 0.1) is 5.41 Å². The Morgan fingerprint density at radius 1 is 1.20 bits per heavy atom. The minimum absolute atomic E-state index is 0.184. The predicted octanol–water partition coefficient (Wildman–Crippen LogP) is 2.03. The van der Waals surface area contributed by atoms with Crippen LogP contribution in [0.2, 0.25) is 0 Å². The number of amides is 1. The molecule has 2 fully saturated rings. The highest BCUT2D eigenvalue weighted by Crippen LogP contribution is 2.46. The molecule has 1 aromatic heterocycles. The number of rotatable bonds is 4. The highest BCUT2D eigenvalue weighted by atomic mass is 16.3. The van der Waals surface area contributed by atoms with Crippen molar-refractivity contribution >= 4 is 5.91 Å². The van der Waals surface area contributed by atoms with Crippen molar-refractivity contribution in [3.05, 3.63) is 47.8 Å². The highest BCUT2D eigenvalue weighted by Gasteiger charge is 2.49. The molecule has 2 aliphatic rings. The molecular weight excluding hydrogens is 316 g/mol. The Hall–Kier alpha value is -2.21. The van der Waals surface area contributed by atoms with Crippen molar-refractivity contribution < 1.29 is 9.90 Å². The van der Waals surface area contributed by atoms with Gasteiger partial charge < -0.3 is 10.0 Å². The molecule has 6 heteroatoms. The van der Waals surface area contributed by atoms with E-state index in [4.69, 9.17) is 0 Å². The molecular formula is C19H24N4O2. The van der Waals surface area contributed by atoms with E-state index < -0.39 is 5.60 Å². The Bertz CT molecular complexity index is 727. The van der Waals surface area contributed by atoms with Crippen LogP contribution in [0.5, 0.6) is 0 Å². The Kier molecular flexibility index (Phi) is 4.07. The summed E-state index contributed by atoms with van der Waals surface area (Å²) in [5, 5.41) is 21.4. The number of aliphatic hydroxyl groups is 1. The van der Waals surface area contributed by atoms with E-state index >= 15 is 0 Å². The van der Waals surface area contributed by atoms with Crippen LogP contribution in [0.15, 0.2) is 36.5 Å². The minimum Gasteiger partial charge on any atom is -0.382 e. The molecule has 1 saturated heterocycles. The Morgan fingerprint density at radius 2 is 2.00 bits per heavy atom. The maximum absolute atomic E-state index is 13.3. The summed E-state index contributed by atoms with van der Waals surface area (Å²) in [6.45, 7) is 1.00. The Labute approximate surface area is 147 Å². The third-order valence-electron chi connectivity index (χ3n) is 5.80. The Morgan fingerprint density at radius 3 is 2.64 bits per heavy atom. The topological polar surface area (TPSA) is 82.1 Å². The largest absolute Gasteiger partial charge is 0.382 e. The van der Waals surface area contributed by atoms with Gasteiger partial charge in [-0.2, -0.15) is 15.4 Å². The lowest BCUT2D eigenvalue weighted by molar-refractivity contribution is -0.155. The van der Waals surface area contributed by atoms with E-state index in [1.165, 1.54) is 5.56 Å². The van der Waals surface area contributed by atoms with Crippen molar-refractivity contribution in [1.82, 2.24) is 20.3 Å². The zero-order valence-corrected chi connectivity index (χ0v) is 14.3. The van der Waals surface area contributed by atoms with Gasteiger partial charge in [0.2, 0.25) is 5.91 Å². The molecule has 2 aromatic rings. The number of nitrogens with one attached hydrogen (secondary N) is 1. The van der Waals surface area contributed by atoms with Crippen molar-refractivity contribution in [2.24, 2.45) is 5.41 Å². The second kappa shape index (κ2) is 6.26. The molecule has 1 unspecified atom stereocenters. The molecule has 1 aliphatic carbocycles. The maximum Gasteiger partial charge on any atom is 0.229 e. The average molecular weight is 340 g/mol. The molecule has 1 aromatic carbocycles. The van der Waals surface area contributed by atoms with E-state index in [1.54, 1.807) is 6.20 Å². The second-order valence-corrected chi connectivity index (χ2v) is 7.51. The van der Waals surface area contributed by atoms with E-state index in [9.17, 15) is 9.90 Å². The summed E-state index contributed by atoms with van der Waals surface area (Å²) < 4.78 is 0. The Balaban J connectivity index is 1.53. The van der Waals surface area contributed by atoms with E-state index in [1.807, 2.05) is 23.1 Å². The van der Waals surface area contributed by atoms with Gasteiger partial charge in [0.25, 0.3) is 0 Å². The standard InChI is InChI=1S/C19H24N4O2/c24-17(18(8-4-9-18)12-15-6-2-1-3-7-15)23-11-5-10-19(25,14-23)16-13-20-22-21-16/h1-3,6-7,13,25H,4-5,8-12,14H2,(H,20,21,22). The molecule has 1 aliphatic heterocycles. The normalized spacial score (nSPS) is 25.4. The van der Waals surface area contributed by atoms with Crippen molar-refractivity contribution in [2.75, 3.05) is 13.1 Å². The smallest absolute Gasteiger partial charge is 0.229 e. The van der Waals surface area contributed by atoms with Gasteiger partial charge in [0.15, 0.2) is 0 Å². The zero-order valence-electron chi connectivity index (χ0n) is 14.3. The molecule has 1 atom stereocenters. The number of carbonyl (C=O) groups is 1. The third kappa shape index (κ3) is 2.95. The van der Waals surface area contributed by atoms with Crippen LogP contribution in [0.1, 0.15) is 43.4 Å². The maximum atomic E-state index is 13.3. The molecule has 2 N–H and O–H groups in total. The third-order valence-corrected chi connectivity index (χ3v) is 5.80. The van der Waals surface area contributed by atoms with Gasteiger partial charge in [-0.25, -0.2) is 0 Å². The number of aromatic nitrogens is 3. The number of β-amino-alcohol motifs (C(OH)–C–C–N with tert-alkyl or cyclic N) is 1. The average Bonchev–Trinajstić information content (AvgIpc) is 3.14. The molecule has 1 saturated carbocycles. The van der Waals surface area contributed by atoms with Gasteiger partial charge in [-0.15, -0.1) is 0 Å². The summed E-state index contributed by atoms with van der Waals surface area (Å²) in [7, 11) is 0. The summed E-state index contributed by atoms with van der Waals surface area (Å²) >= 11 is 0. The van der Waals surface area contributed by atoms with Gasteiger partial charge in [0.05, 0.1) is 18.2 Å². The lowest BCUT2D eigenvalue weighted by atomic mass is 9.64. The van der Waals surface area contributed by atoms with Gasteiger partial charge in [-0.1, -0.05) is 36.8 Å². The van der Waals surface area contributed by atoms with Gasteiger partial charge in [-0.05, 0) is 37.7 Å². The monoisotopic (exact) mass is 340 g/mol. The van der Waals surface area contributed by atoms with Crippen molar-refractivity contribution in [3.8, 4) is 0 Å². The zero-order chi connectivity index (χ0) is 17.3. The fourth-order valence-electron chi connectivity index (χ4n) is 4.24. The SMILES string of the molecule is O=C(N1CCCC(O)(c2cn[nH]n2)C1)C1(Cc2ccccc2)CCC1. The van der Waals surface area contributed by atoms with Crippen molar-refractivity contribution in [2.45, 2.75) is 44.1 Å². The van der Waals surface area contributed by atoms with E-state index in [0.717, 1.165) is 32.1 Å². The summed E-state index contributed by atoms with van der Waals surface area (Å²) in [6.07, 6.45) is 6.67. The number of carbonyl (C=O) groups excluding carboxylic acids is 1. The van der Waals surface area contributed by atoms with Crippen LogP contribution in [0.25, 0.3) is 0 Å². The highest BCUT2D eigenvalue weighted by molar-refractivity contribution is 5.84. The fourth-order valence-corrected chi connectivity index (χ4v) is 4.24.